The van der Waals surface area contributed by atoms with E-state index in [-0.39, 0.29) is 5.56 Å². The van der Waals surface area contributed by atoms with Gasteiger partial charge in [-0.05, 0) is 55.2 Å². The molecule has 0 bridgehead atoms. The second-order valence-corrected chi connectivity index (χ2v) is 5.80. The molecular formula is C13H21BrN4O. The Hall–Kier alpha value is -0.880. The molecule has 0 aliphatic carbocycles. The van der Waals surface area contributed by atoms with Gasteiger partial charge in [-0.15, -0.1) is 0 Å². The van der Waals surface area contributed by atoms with Gasteiger partial charge < -0.3 is 10.2 Å². The van der Waals surface area contributed by atoms with Gasteiger partial charge in [-0.1, -0.05) is 0 Å². The Labute approximate surface area is 122 Å². The quantitative estimate of drug-likeness (QED) is 0.910. The van der Waals surface area contributed by atoms with E-state index in [0.29, 0.717) is 10.5 Å². The average Bonchev–Trinajstić information content (AvgIpc) is 2.43. The molecule has 1 fully saturated rings. The zero-order valence-corrected chi connectivity index (χ0v) is 13.1. The first-order chi connectivity index (χ1) is 9.15. The number of piperidine rings is 1. The molecule has 1 aromatic rings. The summed E-state index contributed by atoms with van der Waals surface area (Å²) < 4.78 is 1.99. The lowest BCUT2D eigenvalue weighted by Gasteiger charge is -2.37. The summed E-state index contributed by atoms with van der Waals surface area (Å²) in [6.07, 6.45) is 6.52. The summed E-state index contributed by atoms with van der Waals surface area (Å²) in [5.74, 6) is 0. The third kappa shape index (κ3) is 3.17. The van der Waals surface area contributed by atoms with Gasteiger partial charge >= 0.3 is 0 Å². The molecule has 1 N–H and O–H groups in total. The SMILES string of the molecule is CNCCC1CCCCN1c1cnn(C)c(=O)c1Br. The minimum atomic E-state index is -0.0737. The standard InChI is InChI=1S/C13H21BrN4O/c1-15-7-6-10-5-3-4-8-18(10)11-9-16-17(2)13(19)12(11)14/h9-10,15H,3-8H2,1-2H3. The molecule has 2 heterocycles. The summed E-state index contributed by atoms with van der Waals surface area (Å²) >= 11 is 3.43. The van der Waals surface area contributed by atoms with E-state index >= 15 is 0 Å². The van der Waals surface area contributed by atoms with Crippen LogP contribution in [0.5, 0.6) is 0 Å². The average molecular weight is 329 g/mol. The molecular weight excluding hydrogens is 308 g/mol. The molecule has 0 saturated carbocycles. The summed E-state index contributed by atoms with van der Waals surface area (Å²) in [4.78, 5) is 14.3. The Morgan fingerprint density at radius 2 is 2.32 bits per heavy atom. The fraction of sp³-hybridized carbons (Fsp3) is 0.692. The highest BCUT2D eigenvalue weighted by molar-refractivity contribution is 9.10. The Kier molecular flexibility index (Phi) is 4.99. The molecule has 5 nitrogen and oxygen atoms in total. The van der Waals surface area contributed by atoms with Crippen molar-refractivity contribution in [1.82, 2.24) is 15.1 Å². The van der Waals surface area contributed by atoms with E-state index in [1.165, 1.54) is 23.9 Å². The maximum Gasteiger partial charge on any atom is 0.282 e. The van der Waals surface area contributed by atoms with E-state index in [0.717, 1.165) is 25.2 Å². The first-order valence-electron chi connectivity index (χ1n) is 6.78. The molecule has 0 aromatic carbocycles. The van der Waals surface area contributed by atoms with Gasteiger partial charge in [0.2, 0.25) is 0 Å². The predicted molar refractivity (Wildman–Crippen MR) is 80.7 cm³/mol. The Morgan fingerprint density at radius 1 is 1.53 bits per heavy atom. The maximum atomic E-state index is 12.0. The van der Waals surface area contributed by atoms with Crippen molar-refractivity contribution >= 4 is 21.6 Å². The Bertz CT molecular complexity index is 488. The fourth-order valence-corrected chi connectivity index (χ4v) is 3.22. The Balaban J connectivity index is 2.27. The van der Waals surface area contributed by atoms with E-state index in [4.69, 9.17) is 0 Å². The molecule has 2 rings (SSSR count). The van der Waals surface area contributed by atoms with Gasteiger partial charge in [-0.25, -0.2) is 4.68 Å². The fourth-order valence-electron chi connectivity index (χ4n) is 2.63. The van der Waals surface area contributed by atoms with E-state index in [1.807, 2.05) is 7.05 Å². The zero-order valence-electron chi connectivity index (χ0n) is 11.5. The van der Waals surface area contributed by atoms with Crippen molar-refractivity contribution in [3.8, 4) is 0 Å². The first kappa shape index (κ1) is 14.5. The van der Waals surface area contributed by atoms with Crippen LogP contribution in [0.25, 0.3) is 0 Å². The zero-order chi connectivity index (χ0) is 13.8. The number of anilines is 1. The Morgan fingerprint density at radius 3 is 3.05 bits per heavy atom. The smallest absolute Gasteiger partial charge is 0.282 e. The van der Waals surface area contributed by atoms with Gasteiger partial charge in [-0.2, -0.15) is 5.10 Å². The van der Waals surface area contributed by atoms with Crippen molar-refractivity contribution in [2.45, 2.75) is 31.7 Å². The molecule has 106 valence electrons. The number of nitrogens with zero attached hydrogens (tertiary/aromatic N) is 3. The van der Waals surface area contributed by atoms with Crippen LogP contribution in [0, 0.1) is 0 Å². The molecule has 1 aromatic heterocycles. The number of nitrogens with one attached hydrogen (secondary N) is 1. The second kappa shape index (κ2) is 6.52. The van der Waals surface area contributed by atoms with Crippen molar-refractivity contribution in [3.63, 3.8) is 0 Å². The number of hydrogen-bond donors (Lipinski definition) is 1. The lowest BCUT2D eigenvalue weighted by atomic mass is 9.99. The van der Waals surface area contributed by atoms with Crippen molar-refractivity contribution < 1.29 is 0 Å². The molecule has 19 heavy (non-hydrogen) atoms. The van der Waals surface area contributed by atoms with Crippen LogP contribution in [0.3, 0.4) is 0 Å². The number of halogens is 1. The highest BCUT2D eigenvalue weighted by Crippen LogP contribution is 2.29. The summed E-state index contributed by atoms with van der Waals surface area (Å²) in [5, 5.41) is 7.35. The largest absolute Gasteiger partial charge is 0.366 e. The van der Waals surface area contributed by atoms with Gasteiger partial charge in [0.1, 0.15) is 4.47 Å². The van der Waals surface area contributed by atoms with Gasteiger partial charge in [0, 0.05) is 19.6 Å². The van der Waals surface area contributed by atoms with Crippen LogP contribution in [-0.2, 0) is 7.05 Å². The summed E-state index contributed by atoms with van der Waals surface area (Å²) in [7, 11) is 3.65. The number of aryl methyl sites for hydroxylation is 1. The summed E-state index contributed by atoms with van der Waals surface area (Å²) in [5.41, 5.74) is 0.861. The third-order valence-electron chi connectivity index (χ3n) is 3.72. The minimum Gasteiger partial charge on any atom is -0.366 e. The van der Waals surface area contributed by atoms with Crippen LogP contribution in [0.4, 0.5) is 5.69 Å². The highest BCUT2D eigenvalue weighted by atomic mass is 79.9. The molecule has 1 saturated heterocycles. The monoisotopic (exact) mass is 328 g/mol. The van der Waals surface area contributed by atoms with E-state index < -0.39 is 0 Å². The van der Waals surface area contributed by atoms with Crippen LogP contribution in [0.15, 0.2) is 15.5 Å². The van der Waals surface area contributed by atoms with Gasteiger partial charge in [0.15, 0.2) is 0 Å². The number of rotatable bonds is 4. The maximum absolute atomic E-state index is 12.0. The van der Waals surface area contributed by atoms with Crippen LogP contribution in [-0.4, -0.2) is 36.0 Å². The van der Waals surface area contributed by atoms with Crippen molar-refractivity contribution in [2.24, 2.45) is 7.05 Å². The topological polar surface area (TPSA) is 50.2 Å². The van der Waals surface area contributed by atoms with Crippen LogP contribution >= 0.6 is 15.9 Å². The lowest BCUT2D eigenvalue weighted by Crippen LogP contribution is -2.42. The van der Waals surface area contributed by atoms with Gasteiger partial charge in [-0.3, -0.25) is 4.79 Å². The summed E-state index contributed by atoms with van der Waals surface area (Å²) in [6.45, 7) is 2.00. The summed E-state index contributed by atoms with van der Waals surface area (Å²) in [6, 6.07) is 0.492. The van der Waals surface area contributed by atoms with Crippen LogP contribution in [0.1, 0.15) is 25.7 Å². The number of aromatic nitrogens is 2. The first-order valence-corrected chi connectivity index (χ1v) is 7.57. The third-order valence-corrected chi connectivity index (χ3v) is 4.47. The second-order valence-electron chi connectivity index (χ2n) is 5.01. The van der Waals surface area contributed by atoms with E-state index in [1.54, 1.807) is 13.2 Å². The number of hydrogen-bond acceptors (Lipinski definition) is 4. The van der Waals surface area contributed by atoms with Crippen LogP contribution < -0.4 is 15.8 Å². The molecule has 1 unspecified atom stereocenters. The normalized spacial score (nSPS) is 19.7. The molecule has 1 aliphatic heterocycles. The molecule has 0 spiro atoms. The highest BCUT2D eigenvalue weighted by Gasteiger charge is 2.25. The van der Waals surface area contributed by atoms with Crippen LogP contribution in [0.2, 0.25) is 0 Å². The van der Waals surface area contributed by atoms with Crippen molar-refractivity contribution in [1.29, 1.82) is 0 Å². The lowest BCUT2D eigenvalue weighted by molar-refractivity contribution is 0.431. The van der Waals surface area contributed by atoms with Crippen molar-refractivity contribution in [3.05, 3.63) is 21.0 Å². The predicted octanol–water partition coefficient (Wildman–Crippen LogP) is 1.51. The van der Waals surface area contributed by atoms with Gasteiger partial charge in [0.25, 0.3) is 5.56 Å². The van der Waals surface area contributed by atoms with E-state index in [2.05, 4.69) is 31.2 Å². The minimum absolute atomic E-state index is 0.0737. The van der Waals surface area contributed by atoms with E-state index in [9.17, 15) is 4.79 Å². The van der Waals surface area contributed by atoms with Crippen molar-refractivity contribution in [2.75, 3.05) is 25.0 Å². The molecule has 1 atom stereocenters. The molecule has 1 aliphatic rings. The van der Waals surface area contributed by atoms with Gasteiger partial charge in [0.05, 0.1) is 11.9 Å². The molecule has 6 heteroatoms. The molecule has 0 amide bonds. The molecule has 0 radical (unpaired) electrons.